The highest BCUT2D eigenvalue weighted by Gasteiger charge is 2.51. The van der Waals surface area contributed by atoms with Gasteiger partial charge in [-0.2, -0.15) is 0 Å². The van der Waals surface area contributed by atoms with E-state index in [1.165, 1.54) is 0 Å². The van der Waals surface area contributed by atoms with Gasteiger partial charge in [0.1, 0.15) is 12.1 Å². The topological polar surface area (TPSA) is 69.7 Å². The van der Waals surface area contributed by atoms with E-state index in [9.17, 15) is 14.4 Å². The van der Waals surface area contributed by atoms with Gasteiger partial charge in [0.15, 0.2) is 0 Å². The van der Waals surface area contributed by atoms with Crippen molar-refractivity contribution in [3.63, 3.8) is 0 Å². The number of amides is 4. The molecular weight excluding hydrogens is 318 g/mol. The SMILES string of the molecule is CCC1(c2ccccc2)NC(=O)N(CC(=O)N(C(C)C)C(C)C)C1=O. The molecule has 6 heteroatoms. The maximum absolute atomic E-state index is 13.0. The molecule has 6 nitrogen and oxygen atoms in total. The predicted octanol–water partition coefficient (Wildman–Crippen LogP) is 2.49. The second-order valence-corrected chi connectivity index (χ2v) is 6.93. The molecule has 1 aromatic rings. The normalized spacial score (nSPS) is 20.4. The molecule has 0 bridgehead atoms. The minimum absolute atomic E-state index is 0.00155. The van der Waals surface area contributed by atoms with Crippen LogP contribution in [-0.2, 0) is 15.1 Å². The fourth-order valence-corrected chi connectivity index (χ4v) is 3.52. The molecule has 1 atom stereocenters. The molecule has 1 unspecified atom stereocenters. The van der Waals surface area contributed by atoms with E-state index in [0.29, 0.717) is 6.42 Å². The zero-order chi connectivity index (χ0) is 18.8. The molecule has 1 aliphatic rings. The monoisotopic (exact) mass is 345 g/mol. The Kier molecular flexibility index (Phi) is 5.50. The van der Waals surface area contributed by atoms with E-state index >= 15 is 0 Å². The second kappa shape index (κ2) is 7.25. The Morgan fingerprint density at radius 1 is 1.12 bits per heavy atom. The van der Waals surface area contributed by atoms with Gasteiger partial charge in [0, 0.05) is 12.1 Å². The summed E-state index contributed by atoms with van der Waals surface area (Å²) in [5.74, 6) is -0.597. The fourth-order valence-electron chi connectivity index (χ4n) is 3.52. The molecule has 0 radical (unpaired) electrons. The first-order chi connectivity index (χ1) is 11.7. The summed E-state index contributed by atoms with van der Waals surface area (Å²) in [5.41, 5.74) is -0.366. The highest BCUT2D eigenvalue weighted by Crippen LogP contribution is 2.32. The standard InChI is InChI=1S/C19H27N3O3/c1-6-19(15-10-8-7-9-11-15)17(24)21(18(25)20-19)12-16(23)22(13(2)3)14(4)5/h7-11,13-14H,6,12H2,1-5H3,(H,20,25). The van der Waals surface area contributed by atoms with Crippen LogP contribution < -0.4 is 5.32 Å². The molecule has 1 fully saturated rings. The van der Waals surface area contributed by atoms with Crippen molar-refractivity contribution in [2.45, 2.75) is 58.7 Å². The van der Waals surface area contributed by atoms with Gasteiger partial charge in [-0.1, -0.05) is 37.3 Å². The maximum Gasteiger partial charge on any atom is 0.325 e. The van der Waals surface area contributed by atoms with Crippen molar-refractivity contribution < 1.29 is 14.4 Å². The molecule has 1 aromatic carbocycles. The lowest BCUT2D eigenvalue weighted by Gasteiger charge is -2.32. The fraction of sp³-hybridized carbons (Fsp3) is 0.526. The quantitative estimate of drug-likeness (QED) is 0.805. The number of nitrogens with one attached hydrogen (secondary N) is 1. The van der Waals surface area contributed by atoms with E-state index in [2.05, 4.69) is 5.32 Å². The van der Waals surface area contributed by atoms with Crippen molar-refractivity contribution in [2.24, 2.45) is 0 Å². The number of hydrogen-bond acceptors (Lipinski definition) is 3. The van der Waals surface area contributed by atoms with Gasteiger partial charge >= 0.3 is 6.03 Å². The molecule has 136 valence electrons. The molecule has 1 heterocycles. The van der Waals surface area contributed by atoms with Gasteiger partial charge < -0.3 is 10.2 Å². The summed E-state index contributed by atoms with van der Waals surface area (Å²) in [4.78, 5) is 40.9. The molecule has 1 saturated heterocycles. The molecule has 0 saturated carbocycles. The number of nitrogens with zero attached hydrogens (tertiary/aromatic N) is 2. The third kappa shape index (κ3) is 3.38. The third-order valence-corrected chi connectivity index (χ3v) is 4.67. The Bertz CT molecular complexity index is 649. The zero-order valence-electron chi connectivity index (χ0n) is 15.6. The van der Waals surface area contributed by atoms with Crippen LogP contribution in [0, 0.1) is 0 Å². The van der Waals surface area contributed by atoms with E-state index in [1.54, 1.807) is 4.90 Å². The molecule has 4 amide bonds. The van der Waals surface area contributed by atoms with Gasteiger partial charge in [0.25, 0.3) is 5.91 Å². The number of rotatable bonds is 6. The summed E-state index contributed by atoms with van der Waals surface area (Å²) >= 11 is 0. The molecule has 25 heavy (non-hydrogen) atoms. The first-order valence-corrected chi connectivity index (χ1v) is 8.75. The highest BCUT2D eigenvalue weighted by atomic mass is 16.2. The van der Waals surface area contributed by atoms with Gasteiger partial charge in [-0.15, -0.1) is 0 Å². The summed E-state index contributed by atoms with van der Waals surface area (Å²) in [6.45, 7) is 9.29. The van der Waals surface area contributed by atoms with Crippen molar-refractivity contribution in [1.29, 1.82) is 0 Å². The number of urea groups is 1. The molecule has 0 aliphatic carbocycles. The van der Waals surface area contributed by atoms with Crippen LogP contribution >= 0.6 is 0 Å². The highest BCUT2D eigenvalue weighted by molar-refractivity contribution is 6.09. The van der Waals surface area contributed by atoms with Crippen molar-refractivity contribution in [1.82, 2.24) is 15.1 Å². The van der Waals surface area contributed by atoms with Gasteiger partial charge in [-0.25, -0.2) is 4.79 Å². The van der Waals surface area contributed by atoms with E-state index in [4.69, 9.17) is 0 Å². The van der Waals surface area contributed by atoms with Crippen molar-refractivity contribution >= 4 is 17.8 Å². The Morgan fingerprint density at radius 2 is 1.68 bits per heavy atom. The predicted molar refractivity (Wildman–Crippen MR) is 95.8 cm³/mol. The number of benzene rings is 1. The zero-order valence-corrected chi connectivity index (χ0v) is 15.6. The minimum Gasteiger partial charge on any atom is -0.336 e. The molecule has 0 aromatic heterocycles. The Balaban J connectivity index is 2.28. The first-order valence-electron chi connectivity index (χ1n) is 8.75. The molecule has 1 N–H and O–H groups in total. The number of imide groups is 1. The first kappa shape index (κ1) is 19.0. The lowest BCUT2D eigenvalue weighted by Crippen LogP contribution is -2.49. The third-order valence-electron chi connectivity index (χ3n) is 4.67. The summed E-state index contributed by atoms with van der Waals surface area (Å²) in [7, 11) is 0. The van der Waals surface area contributed by atoms with Gasteiger partial charge in [-0.05, 0) is 39.7 Å². The summed E-state index contributed by atoms with van der Waals surface area (Å²) in [5, 5.41) is 2.80. The number of carbonyl (C=O) groups is 3. The van der Waals surface area contributed by atoms with E-state index in [1.807, 2.05) is 65.0 Å². The van der Waals surface area contributed by atoms with Crippen molar-refractivity contribution in [3.8, 4) is 0 Å². The smallest absolute Gasteiger partial charge is 0.325 e. The summed E-state index contributed by atoms with van der Waals surface area (Å²) in [6.07, 6.45) is 0.421. The summed E-state index contributed by atoms with van der Waals surface area (Å²) < 4.78 is 0. The number of carbonyl (C=O) groups excluding carboxylic acids is 3. The van der Waals surface area contributed by atoms with Gasteiger partial charge in [0.05, 0.1) is 0 Å². The van der Waals surface area contributed by atoms with Crippen LogP contribution in [0.4, 0.5) is 4.79 Å². The average Bonchev–Trinajstić information content (AvgIpc) is 2.80. The van der Waals surface area contributed by atoms with Crippen molar-refractivity contribution in [3.05, 3.63) is 35.9 Å². The van der Waals surface area contributed by atoms with E-state index in [0.717, 1.165) is 10.5 Å². The largest absolute Gasteiger partial charge is 0.336 e. The molecule has 1 aliphatic heterocycles. The van der Waals surface area contributed by atoms with Crippen LogP contribution in [0.1, 0.15) is 46.6 Å². The van der Waals surface area contributed by atoms with Crippen molar-refractivity contribution in [2.75, 3.05) is 6.54 Å². The lowest BCUT2D eigenvalue weighted by atomic mass is 9.87. The second-order valence-electron chi connectivity index (χ2n) is 6.93. The number of hydrogen-bond donors (Lipinski definition) is 1. The van der Waals surface area contributed by atoms with E-state index < -0.39 is 11.6 Å². The molecular formula is C19H27N3O3. The molecule has 0 spiro atoms. The van der Waals surface area contributed by atoms with Crippen LogP contribution in [0.25, 0.3) is 0 Å². The lowest BCUT2D eigenvalue weighted by molar-refractivity contribution is -0.141. The minimum atomic E-state index is -1.10. The van der Waals surface area contributed by atoms with Gasteiger partial charge in [-0.3, -0.25) is 14.5 Å². The maximum atomic E-state index is 13.0. The van der Waals surface area contributed by atoms with Crippen LogP contribution in [0.5, 0.6) is 0 Å². The van der Waals surface area contributed by atoms with E-state index in [-0.39, 0.29) is 30.4 Å². The van der Waals surface area contributed by atoms with Crippen LogP contribution in [0.2, 0.25) is 0 Å². The summed E-state index contributed by atoms with van der Waals surface area (Å²) in [6, 6.07) is 8.65. The Labute approximate surface area is 149 Å². The van der Waals surface area contributed by atoms with Crippen LogP contribution in [-0.4, -0.2) is 46.3 Å². The molecule has 2 rings (SSSR count). The van der Waals surface area contributed by atoms with Crippen LogP contribution in [0.15, 0.2) is 30.3 Å². The van der Waals surface area contributed by atoms with Crippen LogP contribution in [0.3, 0.4) is 0 Å². The Hall–Kier alpha value is -2.37. The Morgan fingerprint density at radius 3 is 2.16 bits per heavy atom. The average molecular weight is 345 g/mol. The van der Waals surface area contributed by atoms with Gasteiger partial charge in [0.2, 0.25) is 5.91 Å².